The first kappa shape index (κ1) is 15.2. The van der Waals surface area contributed by atoms with E-state index in [1.165, 1.54) is 18.3 Å². The molecule has 1 amide bonds. The summed E-state index contributed by atoms with van der Waals surface area (Å²) in [5.74, 6) is -0.948. The van der Waals surface area contributed by atoms with Crippen molar-refractivity contribution in [3.05, 3.63) is 64.4 Å². The van der Waals surface area contributed by atoms with Crippen LogP contribution in [0.15, 0.2) is 58.1 Å². The average Bonchev–Trinajstić information content (AvgIpc) is 2.46. The summed E-state index contributed by atoms with van der Waals surface area (Å²) in [6, 6.07) is 13.3. The first-order valence-corrected chi connectivity index (χ1v) is 6.89. The monoisotopic (exact) mass is 350 g/mol. The summed E-state index contributed by atoms with van der Waals surface area (Å²) in [5.41, 5.74) is 3.14. The number of hydrazone groups is 1. The molecule has 0 radical (unpaired) electrons. The number of carbonyl (C=O) groups is 1. The normalized spacial score (nSPS) is 10.6. The summed E-state index contributed by atoms with van der Waals surface area (Å²) in [6.07, 6.45) is 1.51. The maximum absolute atomic E-state index is 13.3. The van der Waals surface area contributed by atoms with Crippen molar-refractivity contribution in [2.75, 3.05) is 6.61 Å². The van der Waals surface area contributed by atoms with E-state index in [0.29, 0.717) is 0 Å². The second-order valence-corrected chi connectivity index (χ2v) is 4.98. The Morgan fingerprint density at radius 3 is 2.86 bits per heavy atom. The fourth-order valence-electron chi connectivity index (χ4n) is 1.50. The maximum Gasteiger partial charge on any atom is 0.277 e. The van der Waals surface area contributed by atoms with Gasteiger partial charge in [0.1, 0.15) is 0 Å². The highest BCUT2D eigenvalue weighted by atomic mass is 79.9. The fourth-order valence-corrected chi connectivity index (χ4v) is 1.92. The summed E-state index contributed by atoms with van der Waals surface area (Å²) in [5, 5.41) is 3.80. The van der Waals surface area contributed by atoms with Gasteiger partial charge in [0.25, 0.3) is 5.91 Å². The highest BCUT2D eigenvalue weighted by Gasteiger charge is 2.05. The van der Waals surface area contributed by atoms with E-state index in [1.54, 1.807) is 12.1 Å². The number of para-hydroxylation sites is 1. The highest BCUT2D eigenvalue weighted by Crippen LogP contribution is 2.14. The Labute approximate surface area is 129 Å². The molecule has 1 N–H and O–H groups in total. The Bertz CT molecular complexity index is 662. The van der Waals surface area contributed by atoms with Gasteiger partial charge >= 0.3 is 0 Å². The lowest BCUT2D eigenvalue weighted by molar-refractivity contribution is -0.123. The largest absolute Gasteiger partial charge is 0.481 e. The van der Waals surface area contributed by atoms with Gasteiger partial charge in [0.2, 0.25) is 0 Å². The minimum Gasteiger partial charge on any atom is -0.481 e. The highest BCUT2D eigenvalue weighted by molar-refractivity contribution is 9.10. The Morgan fingerprint density at radius 2 is 2.10 bits per heavy atom. The fraction of sp³-hybridized carbons (Fsp3) is 0.0667. The number of rotatable bonds is 5. The minimum absolute atomic E-state index is 0.0311. The number of hydrogen-bond donors (Lipinski definition) is 1. The Hall–Kier alpha value is -2.21. The molecule has 0 bridgehead atoms. The molecular weight excluding hydrogens is 339 g/mol. The number of benzene rings is 2. The second-order valence-electron chi connectivity index (χ2n) is 4.07. The number of nitrogens with zero attached hydrogens (tertiary/aromatic N) is 1. The van der Waals surface area contributed by atoms with E-state index >= 15 is 0 Å². The van der Waals surface area contributed by atoms with E-state index < -0.39 is 11.7 Å². The van der Waals surface area contributed by atoms with Crippen molar-refractivity contribution in [1.29, 1.82) is 0 Å². The zero-order chi connectivity index (χ0) is 15.1. The minimum atomic E-state index is -0.511. The van der Waals surface area contributed by atoms with E-state index in [2.05, 4.69) is 26.5 Å². The van der Waals surface area contributed by atoms with Gasteiger partial charge < -0.3 is 4.74 Å². The molecule has 0 saturated carbocycles. The molecule has 0 atom stereocenters. The summed E-state index contributed by atoms with van der Waals surface area (Å²) in [7, 11) is 0. The van der Waals surface area contributed by atoms with Crippen molar-refractivity contribution in [2.45, 2.75) is 0 Å². The molecule has 0 spiro atoms. The van der Waals surface area contributed by atoms with E-state index in [9.17, 15) is 9.18 Å². The Balaban J connectivity index is 1.81. The summed E-state index contributed by atoms with van der Waals surface area (Å²) in [4.78, 5) is 11.5. The molecule has 2 rings (SSSR count). The van der Waals surface area contributed by atoms with Crippen LogP contribution in [0.1, 0.15) is 5.56 Å². The standard InChI is InChI=1S/C15H12BrFN2O2/c16-12-5-3-4-11(8-12)9-18-19-15(20)10-21-14-7-2-1-6-13(14)17/h1-9H,10H2,(H,19,20)/b18-9-. The third-order valence-corrected chi connectivity index (χ3v) is 2.94. The number of amides is 1. The average molecular weight is 351 g/mol. The topological polar surface area (TPSA) is 50.7 Å². The maximum atomic E-state index is 13.3. The lowest BCUT2D eigenvalue weighted by atomic mass is 10.2. The SMILES string of the molecule is O=C(COc1ccccc1F)N/N=C\c1cccc(Br)c1. The van der Waals surface area contributed by atoms with Gasteiger partial charge in [0.05, 0.1) is 6.21 Å². The van der Waals surface area contributed by atoms with Crippen LogP contribution in [-0.2, 0) is 4.79 Å². The molecule has 4 nitrogen and oxygen atoms in total. The Kier molecular flexibility index (Phi) is 5.45. The zero-order valence-electron chi connectivity index (χ0n) is 10.9. The molecule has 0 unspecified atom stereocenters. The van der Waals surface area contributed by atoms with Crippen molar-refractivity contribution in [3.8, 4) is 5.75 Å². The van der Waals surface area contributed by atoms with Crippen LogP contribution in [0.4, 0.5) is 4.39 Å². The number of nitrogens with one attached hydrogen (secondary N) is 1. The Morgan fingerprint density at radius 1 is 1.29 bits per heavy atom. The van der Waals surface area contributed by atoms with E-state index in [4.69, 9.17) is 4.74 Å². The lowest BCUT2D eigenvalue weighted by Gasteiger charge is -2.05. The van der Waals surface area contributed by atoms with Crippen LogP contribution >= 0.6 is 15.9 Å². The molecule has 2 aromatic carbocycles. The van der Waals surface area contributed by atoms with Crippen LogP contribution in [0.2, 0.25) is 0 Å². The molecule has 0 saturated heterocycles. The van der Waals surface area contributed by atoms with Gasteiger partial charge in [-0.15, -0.1) is 0 Å². The van der Waals surface area contributed by atoms with Gasteiger partial charge in [-0.25, -0.2) is 9.82 Å². The van der Waals surface area contributed by atoms with Crippen molar-refractivity contribution in [1.82, 2.24) is 5.43 Å². The van der Waals surface area contributed by atoms with Gasteiger partial charge in [-0.2, -0.15) is 5.10 Å². The molecule has 0 heterocycles. The molecular formula is C15H12BrFN2O2. The van der Waals surface area contributed by atoms with E-state index in [0.717, 1.165) is 10.0 Å². The van der Waals surface area contributed by atoms with Gasteiger partial charge in [0.15, 0.2) is 18.2 Å². The van der Waals surface area contributed by atoms with E-state index in [1.807, 2.05) is 24.3 Å². The molecule has 21 heavy (non-hydrogen) atoms. The molecule has 108 valence electrons. The number of carbonyl (C=O) groups excluding carboxylic acids is 1. The molecule has 6 heteroatoms. The van der Waals surface area contributed by atoms with Crippen LogP contribution < -0.4 is 10.2 Å². The van der Waals surface area contributed by atoms with Crippen LogP contribution in [0.25, 0.3) is 0 Å². The van der Waals surface area contributed by atoms with Crippen LogP contribution in [-0.4, -0.2) is 18.7 Å². The zero-order valence-corrected chi connectivity index (χ0v) is 12.5. The summed E-state index contributed by atoms with van der Waals surface area (Å²) >= 11 is 3.34. The predicted molar refractivity (Wildman–Crippen MR) is 81.8 cm³/mol. The van der Waals surface area contributed by atoms with Crippen molar-refractivity contribution < 1.29 is 13.9 Å². The first-order chi connectivity index (χ1) is 10.1. The third kappa shape index (κ3) is 5.00. The van der Waals surface area contributed by atoms with Gasteiger partial charge in [-0.05, 0) is 29.8 Å². The molecule has 0 aromatic heterocycles. The van der Waals surface area contributed by atoms with Crippen molar-refractivity contribution in [2.24, 2.45) is 5.10 Å². The molecule has 0 aliphatic rings. The molecule has 0 aliphatic carbocycles. The quantitative estimate of drug-likeness (QED) is 0.665. The van der Waals surface area contributed by atoms with Crippen LogP contribution in [0.5, 0.6) is 5.75 Å². The molecule has 2 aromatic rings. The molecule has 0 aliphatic heterocycles. The van der Waals surface area contributed by atoms with Crippen molar-refractivity contribution >= 4 is 28.1 Å². The number of halogens is 2. The van der Waals surface area contributed by atoms with Crippen LogP contribution in [0.3, 0.4) is 0 Å². The third-order valence-electron chi connectivity index (χ3n) is 2.45. The molecule has 0 fully saturated rings. The lowest BCUT2D eigenvalue weighted by Crippen LogP contribution is -2.24. The number of hydrogen-bond acceptors (Lipinski definition) is 3. The smallest absolute Gasteiger partial charge is 0.277 e. The van der Waals surface area contributed by atoms with E-state index in [-0.39, 0.29) is 12.4 Å². The summed E-state index contributed by atoms with van der Waals surface area (Å²) < 4.78 is 19.2. The second kappa shape index (κ2) is 7.54. The van der Waals surface area contributed by atoms with Gasteiger partial charge in [0, 0.05) is 4.47 Å². The first-order valence-electron chi connectivity index (χ1n) is 6.10. The van der Waals surface area contributed by atoms with Crippen molar-refractivity contribution in [3.63, 3.8) is 0 Å². The summed E-state index contributed by atoms with van der Waals surface area (Å²) in [6.45, 7) is -0.309. The number of ether oxygens (including phenoxy) is 1. The van der Waals surface area contributed by atoms with Crippen LogP contribution in [0, 0.1) is 5.82 Å². The predicted octanol–water partition coefficient (Wildman–Crippen LogP) is 3.12. The van der Waals surface area contributed by atoms with Gasteiger partial charge in [-0.3, -0.25) is 4.79 Å². The van der Waals surface area contributed by atoms with Gasteiger partial charge in [-0.1, -0.05) is 40.2 Å².